The van der Waals surface area contributed by atoms with E-state index in [1.807, 2.05) is 22.8 Å². The monoisotopic (exact) mass is 555 g/mol. The van der Waals surface area contributed by atoms with Crippen LogP contribution in [0, 0.1) is 5.92 Å². The number of hydrogen-bond donors (Lipinski definition) is 2. The molecule has 0 unspecified atom stereocenters. The van der Waals surface area contributed by atoms with Crippen molar-refractivity contribution in [1.29, 1.82) is 0 Å². The van der Waals surface area contributed by atoms with E-state index in [1.165, 1.54) is 0 Å². The average Bonchev–Trinajstić information content (AvgIpc) is 2.88. The molecule has 5 rings (SSSR count). The van der Waals surface area contributed by atoms with Gasteiger partial charge in [-0.3, -0.25) is 14.6 Å². The van der Waals surface area contributed by atoms with Crippen LogP contribution in [0.5, 0.6) is 5.75 Å². The van der Waals surface area contributed by atoms with Crippen LogP contribution in [-0.4, -0.2) is 46.3 Å². The summed E-state index contributed by atoms with van der Waals surface area (Å²) in [6, 6.07) is 9.12. The highest BCUT2D eigenvalue weighted by atomic mass is 79.9. The third-order valence-corrected chi connectivity index (χ3v) is 7.66. The molecule has 0 bridgehead atoms. The second kappa shape index (κ2) is 10.7. The summed E-state index contributed by atoms with van der Waals surface area (Å²) in [6.07, 6.45) is 6.77. The van der Waals surface area contributed by atoms with Gasteiger partial charge in [0.15, 0.2) is 18.2 Å². The number of aryl methyl sites for hydroxylation is 1. The second-order valence-corrected chi connectivity index (χ2v) is 10.6. The maximum atomic E-state index is 12.6. The number of carbonyl (C=O) groups is 1. The van der Waals surface area contributed by atoms with E-state index in [4.69, 9.17) is 9.47 Å². The van der Waals surface area contributed by atoms with E-state index in [1.54, 1.807) is 25.4 Å². The molecule has 3 aromatic rings. The summed E-state index contributed by atoms with van der Waals surface area (Å²) in [6.45, 7) is 1.89. The lowest BCUT2D eigenvalue weighted by atomic mass is 9.75. The molecule has 4 heterocycles. The Kier molecular flexibility index (Phi) is 7.36. The largest absolute Gasteiger partial charge is 0.480 e. The van der Waals surface area contributed by atoms with Crippen molar-refractivity contribution in [3.05, 3.63) is 57.0 Å². The molecule has 190 valence electrons. The minimum absolute atomic E-state index is 0.00717. The van der Waals surface area contributed by atoms with Crippen LogP contribution in [0.1, 0.15) is 37.8 Å². The SMILES string of the molecule is COCC1(NCc2ccc3c(n2)NC(=O)CO3)CCC(CCn2c(=O)ccc3ncc(Br)cc32)CC1. The van der Waals surface area contributed by atoms with Gasteiger partial charge in [-0.15, -0.1) is 0 Å². The van der Waals surface area contributed by atoms with Gasteiger partial charge in [0.05, 0.1) is 23.3 Å². The molecule has 2 N–H and O–H groups in total. The van der Waals surface area contributed by atoms with Crippen LogP contribution in [-0.2, 0) is 22.6 Å². The highest BCUT2D eigenvalue weighted by Gasteiger charge is 2.35. The van der Waals surface area contributed by atoms with Gasteiger partial charge in [0.1, 0.15) is 0 Å². The zero-order valence-corrected chi connectivity index (χ0v) is 21.8. The average molecular weight is 556 g/mol. The first-order valence-corrected chi connectivity index (χ1v) is 13.1. The number of aromatic nitrogens is 3. The topological polar surface area (TPSA) is 107 Å². The number of amides is 1. The lowest BCUT2D eigenvalue weighted by Crippen LogP contribution is -2.51. The van der Waals surface area contributed by atoms with Crippen molar-refractivity contribution >= 4 is 38.7 Å². The maximum Gasteiger partial charge on any atom is 0.263 e. The van der Waals surface area contributed by atoms with Crippen LogP contribution in [0.2, 0.25) is 0 Å². The number of halogens is 1. The van der Waals surface area contributed by atoms with Gasteiger partial charge in [-0.2, -0.15) is 0 Å². The predicted octanol–water partition coefficient (Wildman–Crippen LogP) is 3.64. The molecule has 36 heavy (non-hydrogen) atoms. The van der Waals surface area contributed by atoms with E-state index in [9.17, 15) is 9.59 Å². The summed E-state index contributed by atoms with van der Waals surface area (Å²) in [4.78, 5) is 33.2. The standard InChI is InChI=1S/C26H30BrN5O4/c1-35-16-26(29-14-19-2-4-22-25(30-19)31-23(33)15-36-22)9-6-17(7-10-26)8-11-32-21-12-18(27)13-28-20(21)3-5-24(32)34/h2-5,12-13,17,29H,6-11,14-16H2,1H3,(H,30,31,33). The van der Waals surface area contributed by atoms with Crippen LogP contribution in [0.4, 0.5) is 5.82 Å². The van der Waals surface area contributed by atoms with E-state index in [2.05, 4.69) is 36.5 Å². The fourth-order valence-electron chi connectivity index (χ4n) is 5.23. The Morgan fingerprint density at radius 3 is 2.89 bits per heavy atom. The van der Waals surface area contributed by atoms with E-state index in [0.717, 1.165) is 53.3 Å². The lowest BCUT2D eigenvalue weighted by molar-refractivity contribution is -0.118. The number of pyridine rings is 3. The molecule has 10 heteroatoms. The molecule has 0 spiro atoms. The van der Waals surface area contributed by atoms with Gasteiger partial charge in [0, 0.05) is 42.5 Å². The summed E-state index contributed by atoms with van der Waals surface area (Å²) in [7, 11) is 1.73. The Balaban J connectivity index is 1.20. The summed E-state index contributed by atoms with van der Waals surface area (Å²) in [5, 5.41) is 6.46. The minimum atomic E-state index is -0.191. The molecule has 0 atom stereocenters. The fourth-order valence-corrected chi connectivity index (χ4v) is 5.55. The van der Waals surface area contributed by atoms with Gasteiger partial charge in [0.2, 0.25) is 0 Å². The minimum Gasteiger partial charge on any atom is -0.480 e. The highest BCUT2D eigenvalue weighted by molar-refractivity contribution is 9.10. The van der Waals surface area contributed by atoms with Crippen LogP contribution in [0.3, 0.4) is 0 Å². The van der Waals surface area contributed by atoms with Gasteiger partial charge in [0.25, 0.3) is 11.5 Å². The van der Waals surface area contributed by atoms with Gasteiger partial charge in [-0.25, -0.2) is 4.98 Å². The molecule has 9 nitrogen and oxygen atoms in total. The molecular formula is C26H30BrN5O4. The third kappa shape index (κ3) is 5.45. The number of carbonyl (C=O) groups excluding carboxylic acids is 1. The predicted molar refractivity (Wildman–Crippen MR) is 140 cm³/mol. The first-order chi connectivity index (χ1) is 17.4. The summed E-state index contributed by atoms with van der Waals surface area (Å²) in [5.74, 6) is 1.41. The van der Waals surface area contributed by atoms with E-state index >= 15 is 0 Å². The molecule has 2 aliphatic rings. The maximum absolute atomic E-state index is 12.6. The Morgan fingerprint density at radius 2 is 2.08 bits per heavy atom. The molecular weight excluding hydrogens is 526 g/mol. The van der Waals surface area contributed by atoms with Gasteiger partial charge in [-0.1, -0.05) is 0 Å². The summed E-state index contributed by atoms with van der Waals surface area (Å²) >= 11 is 3.47. The number of rotatable bonds is 8. The zero-order valence-electron chi connectivity index (χ0n) is 20.3. The normalized spacial score (nSPS) is 21.6. The van der Waals surface area contributed by atoms with Crippen molar-refractivity contribution < 1.29 is 14.3 Å². The number of fused-ring (bicyclic) bond motifs is 2. The van der Waals surface area contributed by atoms with Crippen molar-refractivity contribution in [3.8, 4) is 5.75 Å². The quantitative estimate of drug-likeness (QED) is 0.436. The summed E-state index contributed by atoms with van der Waals surface area (Å²) in [5.41, 5.74) is 2.40. The molecule has 3 aromatic heterocycles. The number of nitrogens with one attached hydrogen (secondary N) is 2. The summed E-state index contributed by atoms with van der Waals surface area (Å²) < 4.78 is 13.7. The van der Waals surface area contributed by atoms with Gasteiger partial charge < -0.3 is 24.7 Å². The molecule has 1 fully saturated rings. The van der Waals surface area contributed by atoms with Crippen molar-refractivity contribution in [1.82, 2.24) is 19.9 Å². The second-order valence-electron chi connectivity index (χ2n) is 9.67. The number of nitrogens with zero attached hydrogens (tertiary/aromatic N) is 3. The molecule has 0 saturated heterocycles. The number of anilines is 1. The van der Waals surface area contributed by atoms with Gasteiger partial charge >= 0.3 is 0 Å². The number of hydrogen-bond acceptors (Lipinski definition) is 7. The van der Waals surface area contributed by atoms with Crippen LogP contribution in [0.25, 0.3) is 11.0 Å². The molecule has 1 aliphatic heterocycles. The molecule has 0 radical (unpaired) electrons. The van der Waals surface area contributed by atoms with Crippen molar-refractivity contribution in [2.75, 3.05) is 25.6 Å². The van der Waals surface area contributed by atoms with E-state index < -0.39 is 0 Å². The smallest absolute Gasteiger partial charge is 0.263 e. The first-order valence-electron chi connectivity index (χ1n) is 12.3. The molecule has 0 aromatic carbocycles. The van der Waals surface area contributed by atoms with Crippen LogP contribution in [0.15, 0.2) is 45.8 Å². The molecule has 1 amide bonds. The third-order valence-electron chi connectivity index (χ3n) is 7.23. The Hall–Kier alpha value is -2.82. The zero-order chi connectivity index (χ0) is 25.1. The van der Waals surface area contributed by atoms with Crippen molar-refractivity contribution in [2.45, 2.75) is 50.7 Å². The van der Waals surface area contributed by atoms with Gasteiger partial charge in [-0.05, 0) is 78.2 Å². The molecule has 1 aliphatic carbocycles. The Bertz CT molecular complexity index is 1320. The molecule has 1 saturated carbocycles. The number of ether oxygens (including phenoxy) is 2. The van der Waals surface area contributed by atoms with E-state index in [0.29, 0.717) is 37.2 Å². The Labute approximate surface area is 217 Å². The van der Waals surface area contributed by atoms with Crippen molar-refractivity contribution in [2.24, 2.45) is 5.92 Å². The fraction of sp³-hybridized carbons (Fsp3) is 0.462. The highest BCUT2D eigenvalue weighted by Crippen LogP contribution is 2.35. The van der Waals surface area contributed by atoms with E-state index in [-0.39, 0.29) is 23.6 Å². The van der Waals surface area contributed by atoms with Crippen LogP contribution >= 0.6 is 15.9 Å². The first kappa shape index (κ1) is 24.9. The lowest BCUT2D eigenvalue weighted by Gasteiger charge is -2.41. The van der Waals surface area contributed by atoms with Crippen LogP contribution < -0.4 is 20.9 Å². The Morgan fingerprint density at radius 1 is 1.25 bits per heavy atom. The van der Waals surface area contributed by atoms with Crippen molar-refractivity contribution in [3.63, 3.8) is 0 Å². The number of methoxy groups -OCH3 is 1.